The van der Waals surface area contributed by atoms with Crippen LogP contribution in [0.15, 0.2) is 67.0 Å². The third-order valence-electron chi connectivity index (χ3n) is 13.2. The van der Waals surface area contributed by atoms with Crippen LogP contribution in [-0.4, -0.2) is 15.2 Å². The first-order valence-electron chi connectivity index (χ1n) is 27.4. The topological polar surface area (TPSA) is 41.6 Å². The summed E-state index contributed by atoms with van der Waals surface area (Å²) >= 11 is 0. The number of hydrogen-bond acceptors (Lipinski definition) is 2. The minimum atomic E-state index is 0.659. The Morgan fingerprint density at radius 1 is 0.484 bits per heavy atom. The molecule has 0 atom stereocenters. The zero-order valence-electron chi connectivity index (χ0n) is 45.7. The monoisotopic (exact) mass is 886 g/mol. The van der Waals surface area contributed by atoms with Gasteiger partial charge in [-0.2, -0.15) is 5.10 Å². The van der Waals surface area contributed by atoms with E-state index >= 15 is 0 Å². The van der Waals surface area contributed by atoms with Gasteiger partial charge in [0.05, 0.1) is 5.69 Å². The number of H-pyrrole nitrogens is 1. The molecule has 0 spiro atoms. The van der Waals surface area contributed by atoms with Gasteiger partial charge < -0.3 is 0 Å². The van der Waals surface area contributed by atoms with Gasteiger partial charge in [0, 0.05) is 18.1 Å². The van der Waals surface area contributed by atoms with Crippen molar-refractivity contribution in [2.45, 2.75) is 245 Å². The number of rotatable bonds is 9. The normalized spacial score (nSPS) is 16.6. The quantitative estimate of drug-likeness (QED) is 0.218. The van der Waals surface area contributed by atoms with E-state index in [1.165, 1.54) is 133 Å². The molecule has 0 bridgehead atoms. The maximum absolute atomic E-state index is 4.23. The summed E-state index contributed by atoms with van der Waals surface area (Å²) < 4.78 is 0. The fourth-order valence-electron chi connectivity index (χ4n) is 8.65. The smallest absolute Gasteiger partial charge is 0.0624 e. The first-order valence-corrected chi connectivity index (χ1v) is 27.4. The van der Waals surface area contributed by atoms with E-state index in [9.17, 15) is 0 Å². The number of hydrogen-bond donors (Lipinski definition) is 1. The Morgan fingerprint density at radius 3 is 1.11 bits per heavy atom. The molecule has 0 aliphatic heterocycles. The van der Waals surface area contributed by atoms with Crippen LogP contribution in [0.4, 0.5) is 0 Å². The highest BCUT2D eigenvalue weighted by Crippen LogP contribution is 2.36. The van der Waals surface area contributed by atoms with Gasteiger partial charge in [0.2, 0.25) is 0 Å². The number of aryl methyl sites for hydroxylation is 1. The molecule has 3 nitrogen and oxygen atoms in total. The fourth-order valence-corrected chi connectivity index (χ4v) is 8.65. The summed E-state index contributed by atoms with van der Waals surface area (Å²) in [6, 6.07) is 18.4. The van der Waals surface area contributed by atoms with Gasteiger partial charge in [-0.3, -0.25) is 10.1 Å². The first kappa shape index (κ1) is 61.6. The maximum atomic E-state index is 4.23. The van der Waals surface area contributed by atoms with Crippen molar-refractivity contribution in [2.75, 3.05) is 0 Å². The van der Waals surface area contributed by atoms with Crippen molar-refractivity contribution >= 4 is 0 Å². The predicted octanol–water partition coefficient (Wildman–Crippen LogP) is 19.8. The summed E-state index contributed by atoms with van der Waals surface area (Å²) in [6.45, 7) is 36.3. The highest BCUT2D eigenvalue weighted by molar-refractivity contribution is 5.17. The lowest BCUT2D eigenvalue weighted by Crippen LogP contribution is -2.12. The zero-order chi connectivity index (χ0) is 48.1. The summed E-state index contributed by atoms with van der Waals surface area (Å²) in [5.74, 6) is 10.2. The summed E-state index contributed by atoms with van der Waals surface area (Å²) in [5.41, 5.74) is 3.89. The molecular weight excluding hydrogens is 775 g/mol. The van der Waals surface area contributed by atoms with Gasteiger partial charge in [0.1, 0.15) is 0 Å². The van der Waals surface area contributed by atoms with Crippen LogP contribution in [0.3, 0.4) is 0 Å². The van der Waals surface area contributed by atoms with E-state index in [0.29, 0.717) is 11.8 Å². The van der Waals surface area contributed by atoms with E-state index in [0.717, 1.165) is 66.1 Å². The number of nitrogens with one attached hydrogen (secondary N) is 1. The Kier molecular flexibility index (Phi) is 38.2. The van der Waals surface area contributed by atoms with Gasteiger partial charge in [-0.15, -0.1) is 0 Å². The average Bonchev–Trinajstić information content (AvgIpc) is 3.92. The van der Waals surface area contributed by atoms with Crippen molar-refractivity contribution in [3.63, 3.8) is 0 Å². The molecule has 0 amide bonds. The van der Waals surface area contributed by atoms with Crippen molar-refractivity contribution in [2.24, 2.45) is 59.2 Å². The van der Waals surface area contributed by atoms with E-state index in [1.807, 2.05) is 24.3 Å². The van der Waals surface area contributed by atoms with Gasteiger partial charge >= 0.3 is 0 Å². The third-order valence-corrected chi connectivity index (χ3v) is 13.2. The lowest BCUT2D eigenvalue weighted by Gasteiger charge is -2.24. The Labute approximate surface area is 401 Å². The molecule has 3 aromatic rings. The molecule has 0 unspecified atom stereocenters. The van der Waals surface area contributed by atoms with Crippen molar-refractivity contribution in [3.8, 4) is 0 Å². The van der Waals surface area contributed by atoms with Gasteiger partial charge in [-0.1, -0.05) is 250 Å². The molecule has 2 heterocycles. The zero-order valence-corrected chi connectivity index (χ0v) is 45.7. The lowest BCUT2D eigenvalue weighted by atomic mass is 9.82. The Balaban J connectivity index is 0.000000720. The SMILES string of the molecule is CC(C)C.CC(C)C1CC1.CC(C)C1CCCC1.CC(C)C1CCCCC1.CC(C)C1CCCCCC1.CC(C)c1ccccc1.CCCc1cc(CC(C)C)[nH]n1.c1ccncc1. The van der Waals surface area contributed by atoms with Gasteiger partial charge in [-0.05, 0) is 115 Å². The molecule has 3 heteroatoms. The molecule has 1 N–H and O–H groups in total. The van der Waals surface area contributed by atoms with Gasteiger partial charge in [-0.25, -0.2) is 0 Å². The van der Waals surface area contributed by atoms with Crippen LogP contribution in [0.2, 0.25) is 0 Å². The Hall–Kier alpha value is -2.42. The lowest BCUT2D eigenvalue weighted by molar-refractivity contribution is 0.279. The summed E-state index contributed by atoms with van der Waals surface area (Å²) in [6.07, 6.45) is 32.3. The van der Waals surface area contributed by atoms with Crippen molar-refractivity contribution < 1.29 is 0 Å². The second kappa shape index (κ2) is 39.7. The number of pyridine rings is 1. The largest absolute Gasteiger partial charge is 0.282 e. The molecule has 4 aliphatic carbocycles. The first-order chi connectivity index (χ1) is 30.5. The number of benzene rings is 1. The number of aromatic amines is 1. The molecule has 1 aromatic carbocycles. The van der Waals surface area contributed by atoms with Crippen molar-refractivity contribution in [1.29, 1.82) is 0 Å². The molecule has 64 heavy (non-hydrogen) atoms. The van der Waals surface area contributed by atoms with E-state index in [-0.39, 0.29) is 0 Å². The van der Waals surface area contributed by atoms with E-state index < -0.39 is 0 Å². The molecule has 0 radical (unpaired) electrons. The van der Waals surface area contributed by atoms with Crippen LogP contribution in [0, 0.1) is 59.2 Å². The second-order valence-electron chi connectivity index (χ2n) is 22.6. The average molecular weight is 887 g/mol. The molecule has 4 saturated carbocycles. The summed E-state index contributed by atoms with van der Waals surface area (Å²) in [5, 5.41) is 7.31. The van der Waals surface area contributed by atoms with Gasteiger partial charge in [0.15, 0.2) is 0 Å². The minimum Gasteiger partial charge on any atom is -0.282 e. The van der Waals surface area contributed by atoms with Crippen LogP contribution < -0.4 is 0 Å². The molecule has 2 aromatic heterocycles. The molecular formula is C61H111N3. The van der Waals surface area contributed by atoms with Crippen LogP contribution in [-0.2, 0) is 12.8 Å². The van der Waals surface area contributed by atoms with Crippen LogP contribution >= 0.6 is 0 Å². The molecule has 4 aliphatic rings. The highest BCUT2D eigenvalue weighted by atomic mass is 15.1. The maximum Gasteiger partial charge on any atom is 0.0624 e. The summed E-state index contributed by atoms with van der Waals surface area (Å²) in [7, 11) is 0. The minimum absolute atomic E-state index is 0.659. The number of aromatic nitrogens is 3. The third kappa shape index (κ3) is 36.8. The highest BCUT2D eigenvalue weighted by Gasteiger charge is 2.24. The van der Waals surface area contributed by atoms with Crippen LogP contribution in [0.1, 0.15) is 249 Å². The van der Waals surface area contributed by atoms with E-state index in [2.05, 4.69) is 156 Å². The fraction of sp³-hybridized carbons (Fsp3) is 0.770. The molecule has 0 saturated heterocycles. The standard InChI is InChI=1S/C10H18N2.C10H20.C9H18.C9H12.C8H16.C6H12.C5H5N.C4H10/c1-4-5-9-7-10(12-11-9)6-8(2)3;1-9(2)10-7-5-3-4-6-8-10;2*1-8(2)9-6-4-3-5-7-9;1-7(2)8-5-3-4-6-8;1-5(2)6-3-4-6;1-2-4-6-5-3-1;1-4(2)3/h7-8H,4-6H2,1-3H3,(H,11,12);9-10H,3-8H2,1-2H3;8-9H,3-7H2,1-2H3;3-8H,1-2H3;7-8H,3-6H2,1-2H3;5-6H,3-4H2,1-2H3;1-5H;4H,1-3H3. The Morgan fingerprint density at radius 2 is 0.844 bits per heavy atom. The molecule has 370 valence electrons. The van der Waals surface area contributed by atoms with Gasteiger partial charge in [0.25, 0.3) is 0 Å². The van der Waals surface area contributed by atoms with Crippen LogP contribution in [0.5, 0.6) is 0 Å². The summed E-state index contributed by atoms with van der Waals surface area (Å²) in [4.78, 5) is 3.78. The predicted molar refractivity (Wildman–Crippen MR) is 288 cm³/mol. The number of nitrogens with zero attached hydrogens (tertiary/aromatic N) is 2. The van der Waals surface area contributed by atoms with E-state index in [1.54, 1.807) is 12.4 Å². The van der Waals surface area contributed by atoms with E-state index in [4.69, 9.17) is 0 Å². The Bertz CT molecular complexity index is 1320. The molecule has 4 fully saturated rings. The van der Waals surface area contributed by atoms with Crippen molar-refractivity contribution in [3.05, 3.63) is 83.9 Å². The molecule has 7 rings (SSSR count). The van der Waals surface area contributed by atoms with Crippen molar-refractivity contribution in [1.82, 2.24) is 15.2 Å². The second-order valence-corrected chi connectivity index (χ2v) is 22.6. The van der Waals surface area contributed by atoms with Crippen LogP contribution in [0.25, 0.3) is 0 Å².